The summed E-state index contributed by atoms with van der Waals surface area (Å²) >= 11 is 0. The van der Waals surface area contributed by atoms with Crippen molar-refractivity contribution in [3.8, 4) is 6.07 Å². The fourth-order valence-corrected chi connectivity index (χ4v) is 4.62. The number of hydrogen-bond donors (Lipinski definition) is 0. The molecule has 4 rings (SSSR count). The van der Waals surface area contributed by atoms with Gasteiger partial charge < -0.3 is 14.5 Å². The van der Waals surface area contributed by atoms with Crippen molar-refractivity contribution in [1.29, 1.82) is 5.26 Å². The molecule has 6 heteroatoms. The normalized spacial score (nSPS) is 27.7. The maximum atomic E-state index is 13.3. The topological polar surface area (TPSA) is 69.5 Å². The van der Waals surface area contributed by atoms with Gasteiger partial charge in [-0.05, 0) is 44.2 Å². The van der Waals surface area contributed by atoms with E-state index in [-0.39, 0.29) is 5.41 Å². The molecule has 0 bridgehead atoms. The van der Waals surface area contributed by atoms with E-state index in [4.69, 9.17) is 4.74 Å². The molecular formula is C19H24N4O2. The number of aromatic nitrogens is 1. The Kier molecular flexibility index (Phi) is 4.34. The van der Waals surface area contributed by atoms with Crippen molar-refractivity contribution < 1.29 is 9.53 Å². The summed E-state index contributed by atoms with van der Waals surface area (Å²) in [7, 11) is 0. The number of nitriles is 1. The number of ether oxygens (including phenoxy) is 1. The molecule has 0 aromatic carbocycles. The zero-order valence-corrected chi connectivity index (χ0v) is 14.5. The SMILES string of the molecule is N#Cc1cccnc1N1CCCC2(CCN(C3CCOCC3)C2=O)C1. The van der Waals surface area contributed by atoms with E-state index in [0.717, 1.165) is 64.2 Å². The molecule has 1 spiro atoms. The highest BCUT2D eigenvalue weighted by Gasteiger charge is 2.50. The lowest BCUT2D eigenvalue weighted by Crippen LogP contribution is -2.50. The first-order valence-electron chi connectivity index (χ1n) is 9.22. The average molecular weight is 340 g/mol. The van der Waals surface area contributed by atoms with E-state index in [1.165, 1.54) is 0 Å². The van der Waals surface area contributed by atoms with E-state index in [9.17, 15) is 10.1 Å². The van der Waals surface area contributed by atoms with Crippen molar-refractivity contribution in [3.05, 3.63) is 23.9 Å². The molecule has 25 heavy (non-hydrogen) atoms. The number of pyridine rings is 1. The molecule has 0 aliphatic carbocycles. The van der Waals surface area contributed by atoms with Crippen LogP contribution in [0.4, 0.5) is 5.82 Å². The highest BCUT2D eigenvalue weighted by atomic mass is 16.5. The predicted molar refractivity (Wildman–Crippen MR) is 93.0 cm³/mol. The van der Waals surface area contributed by atoms with Crippen molar-refractivity contribution in [2.75, 3.05) is 37.7 Å². The van der Waals surface area contributed by atoms with Crippen LogP contribution in [0, 0.1) is 16.7 Å². The molecule has 132 valence electrons. The third-order valence-electron chi connectivity index (χ3n) is 5.96. The van der Waals surface area contributed by atoms with Gasteiger partial charge in [0.1, 0.15) is 11.9 Å². The third-order valence-corrected chi connectivity index (χ3v) is 5.96. The number of nitrogens with zero attached hydrogens (tertiary/aromatic N) is 4. The molecule has 1 atom stereocenters. The summed E-state index contributed by atoms with van der Waals surface area (Å²) in [6.07, 6.45) is 6.44. The van der Waals surface area contributed by atoms with Gasteiger partial charge in [-0.1, -0.05) is 0 Å². The molecule has 0 saturated carbocycles. The smallest absolute Gasteiger partial charge is 0.230 e. The number of amides is 1. The van der Waals surface area contributed by atoms with Gasteiger partial charge in [0.25, 0.3) is 0 Å². The van der Waals surface area contributed by atoms with Crippen LogP contribution in [-0.4, -0.2) is 54.7 Å². The zero-order chi connectivity index (χ0) is 17.3. The lowest BCUT2D eigenvalue weighted by Gasteiger charge is -2.40. The van der Waals surface area contributed by atoms with Crippen LogP contribution in [0.3, 0.4) is 0 Å². The van der Waals surface area contributed by atoms with E-state index in [1.807, 2.05) is 0 Å². The van der Waals surface area contributed by atoms with Crippen LogP contribution < -0.4 is 4.90 Å². The summed E-state index contributed by atoms with van der Waals surface area (Å²) < 4.78 is 5.45. The number of anilines is 1. The Morgan fingerprint density at radius 1 is 1.28 bits per heavy atom. The minimum absolute atomic E-state index is 0.304. The first-order chi connectivity index (χ1) is 12.2. The number of piperidine rings is 1. The molecule has 3 aliphatic rings. The molecule has 4 heterocycles. The van der Waals surface area contributed by atoms with E-state index in [1.54, 1.807) is 18.3 Å². The van der Waals surface area contributed by atoms with E-state index in [0.29, 0.717) is 24.1 Å². The second kappa shape index (κ2) is 6.64. The molecule has 3 fully saturated rings. The van der Waals surface area contributed by atoms with Crippen molar-refractivity contribution in [3.63, 3.8) is 0 Å². The van der Waals surface area contributed by atoms with Gasteiger partial charge >= 0.3 is 0 Å². The number of likely N-dealkylation sites (tertiary alicyclic amines) is 1. The molecule has 0 N–H and O–H groups in total. The lowest BCUT2D eigenvalue weighted by atomic mass is 9.78. The first-order valence-corrected chi connectivity index (χ1v) is 9.22. The van der Waals surface area contributed by atoms with Crippen LogP contribution in [0.2, 0.25) is 0 Å². The number of hydrogen-bond acceptors (Lipinski definition) is 5. The molecule has 6 nitrogen and oxygen atoms in total. The minimum Gasteiger partial charge on any atom is -0.381 e. The van der Waals surface area contributed by atoms with Crippen LogP contribution in [0.15, 0.2) is 18.3 Å². The van der Waals surface area contributed by atoms with Gasteiger partial charge in [-0.15, -0.1) is 0 Å². The molecule has 1 aromatic heterocycles. The van der Waals surface area contributed by atoms with Crippen molar-refractivity contribution in [2.45, 2.75) is 38.1 Å². The van der Waals surface area contributed by atoms with Gasteiger partial charge in [0, 0.05) is 45.1 Å². The highest BCUT2D eigenvalue weighted by molar-refractivity contribution is 5.86. The molecule has 3 saturated heterocycles. The fraction of sp³-hybridized carbons (Fsp3) is 0.632. The van der Waals surface area contributed by atoms with Crippen molar-refractivity contribution in [1.82, 2.24) is 9.88 Å². The van der Waals surface area contributed by atoms with Gasteiger partial charge in [0.2, 0.25) is 5.91 Å². The second-order valence-electron chi connectivity index (χ2n) is 7.38. The Balaban J connectivity index is 1.54. The number of carbonyl (C=O) groups excluding carboxylic acids is 1. The average Bonchev–Trinajstić information content (AvgIpc) is 2.98. The number of carbonyl (C=O) groups is 1. The Morgan fingerprint density at radius 3 is 2.92 bits per heavy atom. The Bertz CT molecular complexity index is 695. The summed E-state index contributed by atoms with van der Waals surface area (Å²) in [5.74, 6) is 1.03. The maximum Gasteiger partial charge on any atom is 0.230 e. The summed E-state index contributed by atoms with van der Waals surface area (Å²) in [5.41, 5.74) is 0.284. The Morgan fingerprint density at radius 2 is 2.12 bits per heavy atom. The van der Waals surface area contributed by atoms with Gasteiger partial charge in [-0.3, -0.25) is 4.79 Å². The van der Waals surface area contributed by atoms with Gasteiger partial charge in [0.15, 0.2) is 0 Å². The molecule has 1 unspecified atom stereocenters. The summed E-state index contributed by atoms with van der Waals surface area (Å²) in [4.78, 5) is 22.0. The summed E-state index contributed by atoms with van der Waals surface area (Å²) in [5, 5.41) is 9.37. The Hall–Kier alpha value is -2.13. The minimum atomic E-state index is -0.305. The maximum absolute atomic E-state index is 13.3. The summed E-state index contributed by atoms with van der Waals surface area (Å²) in [6, 6.07) is 6.15. The van der Waals surface area contributed by atoms with Crippen LogP contribution in [0.5, 0.6) is 0 Å². The molecule has 1 amide bonds. The van der Waals surface area contributed by atoms with Crippen LogP contribution in [0.1, 0.15) is 37.7 Å². The van der Waals surface area contributed by atoms with E-state index >= 15 is 0 Å². The van der Waals surface area contributed by atoms with E-state index in [2.05, 4.69) is 20.9 Å². The molecular weight excluding hydrogens is 316 g/mol. The number of rotatable bonds is 2. The molecule has 1 aromatic rings. The lowest BCUT2D eigenvalue weighted by molar-refractivity contribution is -0.139. The van der Waals surface area contributed by atoms with E-state index < -0.39 is 0 Å². The van der Waals surface area contributed by atoms with Crippen molar-refractivity contribution >= 4 is 11.7 Å². The summed E-state index contributed by atoms with van der Waals surface area (Å²) in [6.45, 7) is 3.90. The first kappa shape index (κ1) is 16.3. The quantitative estimate of drug-likeness (QED) is 0.823. The van der Waals surface area contributed by atoms with Gasteiger partial charge in [-0.25, -0.2) is 4.98 Å². The molecule has 3 aliphatic heterocycles. The van der Waals surface area contributed by atoms with Crippen LogP contribution >= 0.6 is 0 Å². The Labute approximate surface area is 148 Å². The van der Waals surface area contributed by atoms with Crippen molar-refractivity contribution in [2.24, 2.45) is 5.41 Å². The van der Waals surface area contributed by atoms with Gasteiger partial charge in [0.05, 0.1) is 11.0 Å². The molecule has 0 radical (unpaired) electrons. The van der Waals surface area contributed by atoms with Crippen LogP contribution in [-0.2, 0) is 9.53 Å². The predicted octanol–water partition coefficient (Wildman–Crippen LogP) is 1.95. The fourth-order valence-electron chi connectivity index (χ4n) is 4.62. The van der Waals surface area contributed by atoms with Crippen LogP contribution in [0.25, 0.3) is 0 Å². The highest BCUT2D eigenvalue weighted by Crippen LogP contribution is 2.42. The standard InChI is InChI=1S/C19H24N4O2/c20-13-15-3-1-8-21-17(15)22-9-2-6-19(14-22)7-10-23(18(19)24)16-4-11-25-12-5-16/h1,3,8,16H,2,4-7,9-12,14H2. The largest absolute Gasteiger partial charge is 0.381 e. The third kappa shape index (κ3) is 2.87. The van der Waals surface area contributed by atoms with Gasteiger partial charge in [-0.2, -0.15) is 5.26 Å². The zero-order valence-electron chi connectivity index (χ0n) is 14.5. The monoisotopic (exact) mass is 340 g/mol. The second-order valence-corrected chi connectivity index (χ2v) is 7.38.